The monoisotopic (exact) mass is 492 g/mol. The van der Waals surface area contributed by atoms with Gasteiger partial charge >= 0.3 is 0 Å². The molecule has 4 aliphatic carbocycles. The Morgan fingerprint density at radius 1 is 1.09 bits per heavy atom. The zero-order chi connectivity index (χ0) is 22.5. The average molecular weight is 494 g/mol. The Kier molecular flexibility index (Phi) is 8.05. The highest BCUT2D eigenvalue weighted by Crippen LogP contribution is 2.43. The molecule has 0 saturated heterocycles. The molecule has 0 heterocycles. The highest BCUT2D eigenvalue weighted by Gasteiger charge is 2.27. The second-order valence-corrected chi connectivity index (χ2v) is 11.0. The van der Waals surface area contributed by atoms with Gasteiger partial charge in [-0.3, -0.25) is 4.79 Å². The molecule has 4 rings (SSSR count). The Hall–Kier alpha value is -1.67. The predicted octanol–water partition coefficient (Wildman–Crippen LogP) is 8.87. The smallest absolute Gasteiger partial charge is 0.145 e. The van der Waals surface area contributed by atoms with Gasteiger partial charge in [0.15, 0.2) is 0 Å². The molecular formula is C30H37BrO. The number of rotatable bonds is 5. The third-order valence-electron chi connectivity index (χ3n) is 7.91. The van der Waals surface area contributed by atoms with Crippen molar-refractivity contribution < 1.29 is 4.79 Å². The molecule has 0 N–H and O–H groups in total. The number of hydrogen-bond acceptors (Lipinski definition) is 1. The predicted molar refractivity (Wildman–Crippen MR) is 140 cm³/mol. The highest BCUT2D eigenvalue weighted by molar-refractivity contribution is 9.11. The molecule has 0 aliphatic heterocycles. The summed E-state index contributed by atoms with van der Waals surface area (Å²) in [5, 5.41) is 0. The minimum absolute atomic E-state index is 0.309. The van der Waals surface area contributed by atoms with Crippen LogP contribution in [0.1, 0.15) is 77.6 Å². The molecule has 0 aromatic carbocycles. The van der Waals surface area contributed by atoms with Crippen LogP contribution in [0.5, 0.6) is 0 Å². The Labute approximate surface area is 203 Å². The second kappa shape index (κ2) is 11.0. The molecule has 170 valence electrons. The summed E-state index contributed by atoms with van der Waals surface area (Å²) < 4.78 is 1.33. The third-order valence-corrected chi connectivity index (χ3v) is 8.54. The lowest BCUT2D eigenvalue weighted by Gasteiger charge is -2.32. The van der Waals surface area contributed by atoms with E-state index in [1.807, 2.05) is 0 Å². The van der Waals surface area contributed by atoms with Gasteiger partial charge in [-0.05, 0) is 111 Å². The molecule has 4 aliphatic rings. The van der Waals surface area contributed by atoms with Crippen molar-refractivity contribution in [3.05, 3.63) is 81.0 Å². The fourth-order valence-corrected chi connectivity index (χ4v) is 6.38. The van der Waals surface area contributed by atoms with Crippen LogP contribution in [0.15, 0.2) is 81.0 Å². The van der Waals surface area contributed by atoms with Crippen molar-refractivity contribution in [2.45, 2.75) is 77.6 Å². The number of carbonyl (C=O) groups excluding carboxylic acids is 1. The number of carbonyl (C=O) groups is 1. The van der Waals surface area contributed by atoms with E-state index in [1.54, 1.807) is 11.1 Å². The minimum Gasteiger partial charge on any atom is -0.298 e. The summed E-state index contributed by atoms with van der Waals surface area (Å²) in [4.78, 5) is 11.1. The minimum atomic E-state index is 0.309. The summed E-state index contributed by atoms with van der Waals surface area (Å²) in [6.45, 7) is 6.48. The maximum Gasteiger partial charge on any atom is 0.145 e. The normalized spacial score (nSPS) is 29.6. The van der Waals surface area contributed by atoms with Crippen LogP contribution in [-0.2, 0) is 4.79 Å². The van der Waals surface area contributed by atoms with Crippen molar-refractivity contribution in [3.63, 3.8) is 0 Å². The van der Waals surface area contributed by atoms with Crippen LogP contribution < -0.4 is 0 Å². The van der Waals surface area contributed by atoms with Gasteiger partial charge in [0.2, 0.25) is 0 Å². The first-order valence-corrected chi connectivity index (χ1v) is 13.3. The second-order valence-electron chi connectivity index (χ2n) is 10.0. The lowest BCUT2D eigenvalue weighted by atomic mass is 9.74. The van der Waals surface area contributed by atoms with Crippen LogP contribution in [0.2, 0.25) is 0 Å². The van der Waals surface area contributed by atoms with Gasteiger partial charge in [-0.1, -0.05) is 75.2 Å². The molecule has 0 amide bonds. The Bertz CT molecular complexity index is 936. The summed E-state index contributed by atoms with van der Waals surface area (Å²) in [6, 6.07) is 0. The van der Waals surface area contributed by atoms with Gasteiger partial charge in [0.05, 0.1) is 0 Å². The molecule has 0 radical (unpaired) electrons. The summed E-state index contributed by atoms with van der Waals surface area (Å²) in [5.74, 6) is 1.49. The van der Waals surface area contributed by atoms with Crippen LogP contribution in [0.25, 0.3) is 0 Å². The van der Waals surface area contributed by atoms with E-state index in [0.717, 1.165) is 44.0 Å². The van der Waals surface area contributed by atoms with E-state index < -0.39 is 0 Å². The van der Waals surface area contributed by atoms with Crippen LogP contribution in [-0.4, -0.2) is 6.29 Å². The van der Waals surface area contributed by atoms with E-state index in [2.05, 4.69) is 65.9 Å². The van der Waals surface area contributed by atoms with Crippen LogP contribution in [0.3, 0.4) is 0 Å². The lowest BCUT2D eigenvalue weighted by molar-refractivity contribution is -0.105. The first kappa shape index (κ1) is 23.5. The van der Waals surface area contributed by atoms with Gasteiger partial charge in [0.25, 0.3) is 0 Å². The summed E-state index contributed by atoms with van der Waals surface area (Å²) in [5.41, 5.74) is 8.68. The van der Waals surface area contributed by atoms with Gasteiger partial charge in [0.1, 0.15) is 6.29 Å². The molecule has 2 unspecified atom stereocenters. The molecule has 0 aromatic heterocycles. The van der Waals surface area contributed by atoms with Gasteiger partial charge in [-0.25, -0.2) is 0 Å². The van der Waals surface area contributed by atoms with E-state index in [1.165, 1.54) is 59.7 Å². The molecule has 0 bridgehead atoms. The molecule has 1 nitrogen and oxygen atoms in total. The number of aldehydes is 1. The maximum absolute atomic E-state index is 11.1. The van der Waals surface area contributed by atoms with E-state index in [9.17, 15) is 4.79 Å². The topological polar surface area (TPSA) is 17.1 Å². The first-order valence-electron chi connectivity index (χ1n) is 12.5. The standard InChI is InChI=1S/C30H37BrO/c1-3-22-16-27(25-7-5-4-6-8-25)18-26-13-14-29(31)19-30(26)28(17-22)15-21(2)24-11-9-23(20-32)10-12-24/h3,7,9,15,17,19-20,24,27-28H,1,4-6,8,10-14,16,18H2,2H3/b21-15+,22-17?/t24?,27-,28?/m1/s1. The van der Waals surface area contributed by atoms with E-state index >= 15 is 0 Å². The van der Waals surface area contributed by atoms with Gasteiger partial charge in [-0.15, -0.1) is 0 Å². The molecule has 0 fully saturated rings. The number of allylic oxidation sites excluding steroid dienone is 13. The summed E-state index contributed by atoms with van der Waals surface area (Å²) >= 11 is 3.82. The summed E-state index contributed by atoms with van der Waals surface area (Å²) in [7, 11) is 0. The molecule has 0 aromatic rings. The SMILES string of the molecule is C=CC1=CC(/C=C(\C)C2CC=C(C=O)CC2)C2=C(CCC(Br)=C2)C[C@H](C2=CCCCC2)C1. The van der Waals surface area contributed by atoms with Crippen molar-refractivity contribution in [1.29, 1.82) is 0 Å². The zero-order valence-corrected chi connectivity index (χ0v) is 21.1. The fourth-order valence-electron chi connectivity index (χ4n) is 5.93. The van der Waals surface area contributed by atoms with Crippen molar-refractivity contribution in [2.24, 2.45) is 17.8 Å². The number of hydrogen-bond donors (Lipinski definition) is 0. The van der Waals surface area contributed by atoms with E-state index in [4.69, 9.17) is 0 Å². The highest BCUT2D eigenvalue weighted by atomic mass is 79.9. The van der Waals surface area contributed by atoms with E-state index in [-0.39, 0.29) is 0 Å². The fraction of sp³-hybridized carbons (Fsp3) is 0.500. The molecule has 32 heavy (non-hydrogen) atoms. The molecule has 2 heteroatoms. The van der Waals surface area contributed by atoms with Crippen LogP contribution in [0, 0.1) is 17.8 Å². The van der Waals surface area contributed by atoms with Gasteiger partial charge < -0.3 is 0 Å². The molecular weight excluding hydrogens is 456 g/mol. The average Bonchev–Trinajstić information content (AvgIpc) is 2.82. The Morgan fingerprint density at radius 2 is 1.97 bits per heavy atom. The molecule has 3 atom stereocenters. The van der Waals surface area contributed by atoms with Crippen molar-refractivity contribution in [3.8, 4) is 0 Å². The Morgan fingerprint density at radius 3 is 2.66 bits per heavy atom. The largest absolute Gasteiger partial charge is 0.298 e. The Balaban J connectivity index is 1.67. The lowest BCUT2D eigenvalue weighted by Crippen LogP contribution is -2.17. The van der Waals surface area contributed by atoms with E-state index in [0.29, 0.717) is 17.8 Å². The van der Waals surface area contributed by atoms with Crippen LogP contribution in [0.4, 0.5) is 0 Å². The first-order chi connectivity index (χ1) is 15.6. The zero-order valence-electron chi connectivity index (χ0n) is 19.5. The maximum atomic E-state index is 11.1. The number of halogens is 1. The third kappa shape index (κ3) is 5.63. The molecule has 0 spiro atoms. The summed E-state index contributed by atoms with van der Waals surface area (Å²) in [6.07, 6.45) is 28.0. The van der Waals surface area contributed by atoms with Gasteiger partial charge in [0, 0.05) is 5.92 Å². The van der Waals surface area contributed by atoms with Crippen LogP contribution >= 0.6 is 15.9 Å². The van der Waals surface area contributed by atoms with Gasteiger partial charge in [-0.2, -0.15) is 0 Å². The van der Waals surface area contributed by atoms with Crippen molar-refractivity contribution in [1.82, 2.24) is 0 Å². The van der Waals surface area contributed by atoms with Crippen molar-refractivity contribution in [2.75, 3.05) is 0 Å². The molecule has 0 saturated carbocycles. The van der Waals surface area contributed by atoms with Crippen molar-refractivity contribution >= 4 is 22.2 Å². The quantitative estimate of drug-likeness (QED) is 0.276.